The number of thiazole rings is 1. The molecule has 4 aliphatic carbocycles. The molecule has 2 aromatic carbocycles. The molecule has 99 heavy (non-hydrogen) atoms. The van der Waals surface area contributed by atoms with Gasteiger partial charge in [0.05, 0.1) is 59.3 Å². The van der Waals surface area contributed by atoms with E-state index in [1.165, 1.54) is 18.3 Å². The fourth-order valence-corrected chi connectivity index (χ4v) is 17.0. The number of carbonyl (C=O) groups is 9. The number of carboxylic acid groups (broad SMARTS) is 2. The van der Waals surface area contributed by atoms with Gasteiger partial charge in [-0.05, 0) is 135 Å². The van der Waals surface area contributed by atoms with E-state index in [1.54, 1.807) is 50.5 Å². The molecule has 3 aromatic heterocycles. The second-order valence-corrected chi connectivity index (χ2v) is 29.2. The summed E-state index contributed by atoms with van der Waals surface area (Å²) >= 11 is 1.36. The van der Waals surface area contributed by atoms with Crippen LogP contribution in [-0.4, -0.2) is 179 Å². The van der Waals surface area contributed by atoms with E-state index in [-0.39, 0.29) is 84.4 Å². The van der Waals surface area contributed by atoms with Crippen molar-refractivity contribution < 1.29 is 77.8 Å². The number of aromatic carboxylic acids is 1. The summed E-state index contributed by atoms with van der Waals surface area (Å²) in [7, 11) is 0. The Labute approximate surface area is 574 Å². The smallest absolute Gasteiger partial charge is 0.407 e. The molecule has 5 fully saturated rings. The number of rotatable bonds is 27. The van der Waals surface area contributed by atoms with Crippen molar-refractivity contribution in [2.24, 2.45) is 22.2 Å². The molecule has 8 atom stereocenters. The number of aliphatic hydroxyl groups is 2. The van der Waals surface area contributed by atoms with Gasteiger partial charge in [0.1, 0.15) is 31.1 Å². The lowest BCUT2D eigenvalue weighted by Crippen LogP contribution is -2.65. The number of carboxylic acids is 2. The molecule has 7 amide bonds. The molecule has 0 spiro atoms. The number of nitrogens with one attached hydrogen (secondary N) is 7. The lowest BCUT2D eigenvalue weighted by Gasteiger charge is -2.69. The Bertz CT molecular complexity index is 4040. The Kier molecular flexibility index (Phi) is 20.6. The maximum absolute atomic E-state index is 13.6. The van der Waals surface area contributed by atoms with Gasteiger partial charge in [-0.1, -0.05) is 57.2 Å². The lowest BCUT2D eigenvalue weighted by molar-refractivity contribution is -0.242. The summed E-state index contributed by atoms with van der Waals surface area (Å²) in [5.74, 6) is -6.59. The van der Waals surface area contributed by atoms with E-state index in [9.17, 15) is 63.6 Å². The third kappa shape index (κ3) is 15.8. The van der Waals surface area contributed by atoms with E-state index < -0.39 is 108 Å². The molecule has 526 valence electrons. The minimum absolute atomic E-state index is 0.0604. The number of aromatic nitrogens is 4. The van der Waals surface area contributed by atoms with Gasteiger partial charge in [-0.15, -0.1) is 0 Å². The van der Waals surface area contributed by atoms with E-state index in [4.69, 9.17) is 19.6 Å². The highest BCUT2D eigenvalue weighted by Gasteiger charge is 2.66. The monoisotopic (exact) mass is 1380 g/mol. The van der Waals surface area contributed by atoms with Gasteiger partial charge in [0.15, 0.2) is 22.6 Å². The minimum Gasteiger partial charge on any atom is -0.479 e. The second kappa shape index (κ2) is 28.8. The molecule has 6 heterocycles. The summed E-state index contributed by atoms with van der Waals surface area (Å²) in [5.41, 5.74) is 3.10. The quantitative estimate of drug-likeness (QED) is 0.0180. The number of hydrogen-bond donors (Lipinski definition) is 11. The van der Waals surface area contributed by atoms with Crippen molar-refractivity contribution in [2.75, 3.05) is 48.3 Å². The van der Waals surface area contributed by atoms with Crippen LogP contribution in [0.3, 0.4) is 0 Å². The number of imide groups is 1. The van der Waals surface area contributed by atoms with Gasteiger partial charge in [-0.25, -0.2) is 29.3 Å². The second-order valence-electron chi connectivity index (χ2n) is 28.2. The zero-order valence-corrected chi connectivity index (χ0v) is 56.7. The van der Waals surface area contributed by atoms with Crippen LogP contribution < -0.4 is 36.8 Å². The molecule has 12 rings (SSSR count). The number of allylic oxidation sites excluding steroid dienone is 2. The van der Waals surface area contributed by atoms with Gasteiger partial charge in [0.2, 0.25) is 17.7 Å². The molecule has 3 unspecified atom stereocenters. The van der Waals surface area contributed by atoms with Gasteiger partial charge in [-0.2, -0.15) is 0 Å². The minimum atomic E-state index is -1.58. The van der Waals surface area contributed by atoms with E-state index >= 15 is 0 Å². The van der Waals surface area contributed by atoms with Crippen molar-refractivity contribution in [3.05, 3.63) is 113 Å². The van der Waals surface area contributed by atoms with E-state index in [0.29, 0.717) is 58.7 Å². The fourth-order valence-electron chi connectivity index (χ4n) is 16.2. The van der Waals surface area contributed by atoms with Crippen LogP contribution in [0.4, 0.5) is 21.4 Å². The number of ether oxygens (including phenoxy) is 3. The van der Waals surface area contributed by atoms with Crippen molar-refractivity contribution in [2.45, 2.75) is 161 Å². The van der Waals surface area contributed by atoms with Crippen molar-refractivity contribution in [1.82, 2.24) is 45.7 Å². The fraction of sp³-hybridized carbons (Fsp3) is 0.493. The number of hydrogen-bond acceptors (Lipinski definition) is 21. The average molecular weight is 1380 g/mol. The number of para-hydroxylation sites is 1. The Balaban J connectivity index is 0.703. The summed E-state index contributed by atoms with van der Waals surface area (Å²) in [4.78, 5) is 132. The van der Waals surface area contributed by atoms with Crippen LogP contribution in [0.2, 0.25) is 0 Å². The summed E-state index contributed by atoms with van der Waals surface area (Å²) in [6, 6.07) is 13.5. The van der Waals surface area contributed by atoms with Gasteiger partial charge in [0, 0.05) is 73.5 Å². The number of aliphatic carboxylic acids is 1. The van der Waals surface area contributed by atoms with E-state index in [0.717, 1.165) is 72.0 Å². The van der Waals surface area contributed by atoms with Crippen LogP contribution in [0.1, 0.15) is 136 Å². The van der Waals surface area contributed by atoms with Crippen molar-refractivity contribution in [1.29, 1.82) is 5.41 Å². The lowest BCUT2D eigenvalue weighted by atomic mass is 9.39. The third-order valence-electron chi connectivity index (χ3n) is 19.6. The maximum atomic E-state index is 13.6. The molecule has 5 aromatic rings. The first-order valence-corrected chi connectivity index (χ1v) is 33.9. The number of amides is 7. The molecule has 4 saturated carbocycles. The Hall–Kier alpha value is -9.49. The van der Waals surface area contributed by atoms with Crippen molar-refractivity contribution >= 4 is 103 Å². The Morgan fingerprint density at radius 1 is 0.838 bits per heavy atom. The first kappa shape index (κ1) is 70.8. The standard InChI is InChI=1S/C69H83N13O16S/c1-37(2)55(78-52(85)27-82-53(86)17-18-54(82)87)60(89)74-39(4)59(88)75-42-13-11-41(40(23-42)12-15-49-47(83)24-48(84)58(98-49)63(93)94)28-96-65(95)71-19-22-97-69-32-66(5)29-67(6,33-69)31-68(30-66,34-69)35-72-38(3)44(25-70)43-14-16-51(77-56(43)62(91)92)80-20-21-81-36-73-57(46(81)26-80)61(90)79-64-76-45-9-7-8-10-50(45)99-64/h7-11,13-14,16-18,23,25,36-37,39,47-49,55,58,70,72,83-84H,12,15,19-22,24,26-35H2,1-6H3,(H,71,95)(H,74,89)(H,75,88)(H,78,85)(H,91,92)(H,93,94)(H,76,79,90)/b44-38+,70-25?/t39-,47+,48-,49-,55?,58-,66?,67?,68?,69?/m0/s1. The molecule has 30 heteroatoms. The van der Waals surface area contributed by atoms with Crippen LogP contribution in [0.15, 0.2) is 78.8 Å². The summed E-state index contributed by atoms with van der Waals surface area (Å²) in [6.45, 7) is 12.3. The zero-order valence-electron chi connectivity index (χ0n) is 55.8. The number of alkyl carbamates (subject to hydrolysis) is 1. The number of nitrogens with zero attached hydrogens (tertiary/aromatic N) is 6. The summed E-state index contributed by atoms with van der Waals surface area (Å²) in [6.07, 6.45) is 4.02. The van der Waals surface area contributed by atoms with Crippen LogP contribution >= 0.6 is 11.3 Å². The average Bonchev–Trinajstić information content (AvgIpc) is 1.52. The van der Waals surface area contributed by atoms with Crippen molar-refractivity contribution in [3.63, 3.8) is 0 Å². The highest BCUT2D eigenvalue weighted by Crippen LogP contribution is 2.71. The number of fused-ring (bicyclic) bond motifs is 2. The maximum Gasteiger partial charge on any atom is 0.407 e. The van der Waals surface area contributed by atoms with Crippen LogP contribution in [-0.2, 0) is 69.1 Å². The SMILES string of the molecule is C/C(NCC12CC3(C)CC(C)(C1)CC(OCCNC(=O)OCc1ccc(NC(=O)[C@H](C)NC(=O)C(NC(=O)CN4C(=O)C=CC4=O)C(C)C)cc1CC[C@@H]1O[C@H](C(=O)O)[C@@H](O)C[C@H]1O)(C3)C2)=C(/C=N)c1ccc(N2CCn3cnc(C(=O)Nc4nc5ccccc5s4)c3C2)nc1C(=O)O. The molecule has 4 bridgehead atoms. The largest absolute Gasteiger partial charge is 0.479 e. The molecule has 1 saturated heterocycles. The van der Waals surface area contributed by atoms with Crippen LogP contribution in [0.25, 0.3) is 15.8 Å². The van der Waals surface area contributed by atoms with Crippen LogP contribution in [0, 0.1) is 27.6 Å². The van der Waals surface area contributed by atoms with Gasteiger partial charge in [-0.3, -0.25) is 39.0 Å². The first-order chi connectivity index (χ1) is 47.0. The van der Waals surface area contributed by atoms with Gasteiger partial charge >= 0.3 is 18.0 Å². The zero-order chi connectivity index (χ0) is 70.9. The molecule has 11 N–H and O–H groups in total. The molecular formula is C69H83N13O16S. The van der Waals surface area contributed by atoms with Crippen LogP contribution in [0.5, 0.6) is 0 Å². The number of benzene rings is 2. The molecule has 29 nitrogen and oxygen atoms in total. The molecule has 3 aliphatic heterocycles. The van der Waals surface area contributed by atoms with E-state index in [2.05, 4.69) is 60.7 Å². The Morgan fingerprint density at radius 2 is 1.58 bits per heavy atom. The van der Waals surface area contributed by atoms with Gasteiger partial charge in [0.25, 0.3) is 17.7 Å². The molecule has 0 radical (unpaired) electrons. The Morgan fingerprint density at radius 3 is 2.27 bits per heavy atom. The number of pyridine rings is 1. The summed E-state index contributed by atoms with van der Waals surface area (Å²) in [5, 5.41) is 67.8. The predicted molar refractivity (Wildman–Crippen MR) is 361 cm³/mol. The highest BCUT2D eigenvalue weighted by molar-refractivity contribution is 7.22. The predicted octanol–water partition coefficient (Wildman–Crippen LogP) is 5.30. The topological polar surface area (TPSA) is 408 Å². The third-order valence-corrected chi connectivity index (χ3v) is 20.6. The normalized spacial score (nSPS) is 25.3. The van der Waals surface area contributed by atoms with Crippen molar-refractivity contribution in [3.8, 4) is 0 Å². The number of imidazole rings is 1. The highest BCUT2D eigenvalue weighted by atomic mass is 32.1. The van der Waals surface area contributed by atoms with Gasteiger partial charge < -0.3 is 76.1 Å². The number of anilines is 3. The number of aliphatic hydroxyl groups excluding tert-OH is 2. The van der Waals surface area contributed by atoms with E-state index in [1.807, 2.05) is 40.7 Å². The number of carbonyl (C=O) groups excluding carboxylic acids is 7. The molecule has 7 aliphatic rings. The first-order valence-electron chi connectivity index (χ1n) is 33.0. The number of aryl methyl sites for hydroxylation is 1. The summed E-state index contributed by atoms with van der Waals surface area (Å²) < 4.78 is 21.1. The molecular weight excluding hydrogens is 1300 g/mol.